The molecule has 5 nitrogen and oxygen atoms in total. The standard InChI is InChI=1S/C13H15ClN4O/c14-6-2-1-3-13(19)17-11-4-5-12(16-9-11)18-8-7-15-10-18/h4-5,7-10H,1-3,6H2,(H,17,19). The molecule has 0 saturated carbocycles. The minimum atomic E-state index is -0.0118. The highest BCUT2D eigenvalue weighted by Gasteiger charge is 2.03. The van der Waals surface area contributed by atoms with Gasteiger partial charge < -0.3 is 5.32 Å². The normalized spacial score (nSPS) is 10.4. The number of aromatic nitrogens is 3. The number of hydrogen-bond donors (Lipinski definition) is 1. The fraction of sp³-hybridized carbons (Fsp3) is 0.308. The largest absolute Gasteiger partial charge is 0.325 e. The number of unbranched alkanes of at least 4 members (excludes halogenated alkanes) is 1. The van der Waals surface area contributed by atoms with E-state index in [1.807, 2.05) is 18.3 Å². The van der Waals surface area contributed by atoms with Crippen molar-refractivity contribution in [1.29, 1.82) is 0 Å². The van der Waals surface area contributed by atoms with Gasteiger partial charge in [-0.25, -0.2) is 9.97 Å². The van der Waals surface area contributed by atoms with Crippen LogP contribution in [0, 0.1) is 0 Å². The summed E-state index contributed by atoms with van der Waals surface area (Å²) in [6.45, 7) is 0. The number of carbonyl (C=O) groups is 1. The lowest BCUT2D eigenvalue weighted by atomic mass is 10.2. The van der Waals surface area contributed by atoms with Gasteiger partial charge in [0.2, 0.25) is 5.91 Å². The Morgan fingerprint density at radius 3 is 2.89 bits per heavy atom. The van der Waals surface area contributed by atoms with E-state index in [1.165, 1.54) is 0 Å². The van der Waals surface area contributed by atoms with Crippen LogP contribution >= 0.6 is 11.6 Å². The fourth-order valence-corrected chi connectivity index (χ4v) is 1.80. The van der Waals surface area contributed by atoms with Gasteiger partial charge in [-0.15, -0.1) is 11.6 Å². The number of rotatable bonds is 6. The van der Waals surface area contributed by atoms with E-state index in [-0.39, 0.29) is 5.91 Å². The Labute approximate surface area is 116 Å². The molecule has 0 unspecified atom stereocenters. The maximum atomic E-state index is 11.6. The first-order valence-corrected chi connectivity index (χ1v) is 6.63. The highest BCUT2D eigenvalue weighted by atomic mass is 35.5. The Bertz CT molecular complexity index is 510. The van der Waals surface area contributed by atoms with Crippen molar-refractivity contribution in [2.45, 2.75) is 19.3 Å². The molecule has 1 amide bonds. The molecule has 0 bridgehead atoms. The number of hydrogen-bond acceptors (Lipinski definition) is 3. The van der Waals surface area contributed by atoms with Gasteiger partial charge in [-0.2, -0.15) is 0 Å². The van der Waals surface area contributed by atoms with E-state index in [2.05, 4.69) is 15.3 Å². The monoisotopic (exact) mass is 278 g/mol. The molecule has 0 aliphatic carbocycles. The lowest BCUT2D eigenvalue weighted by molar-refractivity contribution is -0.116. The zero-order chi connectivity index (χ0) is 13.5. The van der Waals surface area contributed by atoms with E-state index in [1.54, 1.807) is 23.3 Å². The zero-order valence-electron chi connectivity index (χ0n) is 10.4. The van der Waals surface area contributed by atoms with Gasteiger partial charge in [-0.05, 0) is 25.0 Å². The minimum absolute atomic E-state index is 0.0118. The molecule has 2 aromatic rings. The maximum absolute atomic E-state index is 11.6. The van der Waals surface area contributed by atoms with Crippen molar-refractivity contribution in [3.8, 4) is 5.82 Å². The predicted molar refractivity (Wildman–Crippen MR) is 74.6 cm³/mol. The molecule has 0 fully saturated rings. The average molecular weight is 279 g/mol. The molecule has 0 aliphatic rings. The van der Waals surface area contributed by atoms with Gasteiger partial charge in [0.05, 0.1) is 11.9 Å². The summed E-state index contributed by atoms with van der Waals surface area (Å²) < 4.78 is 1.80. The summed E-state index contributed by atoms with van der Waals surface area (Å²) >= 11 is 5.56. The summed E-state index contributed by atoms with van der Waals surface area (Å²) in [5, 5.41) is 2.80. The highest BCUT2D eigenvalue weighted by molar-refractivity contribution is 6.17. The van der Waals surface area contributed by atoms with Crippen LogP contribution in [0.1, 0.15) is 19.3 Å². The average Bonchev–Trinajstić information content (AvgIpc) is 2.94. The molecular formula is C13H15ClN4O. The number of carbonyl (C=O) groups excluding carboxylic acids is 1. The summed E-state index contributed by atoms with van der Waals surface area (Å²) in [4.78, 5) is 19.8. The van der Waals surface area contributed by atoms with Crippen molar-refractivity contribution in [2.24, 2.45) is 0 Å². The number of imidazole rings is 1. The molecule has 2 rings (SSSR count). The van der Waals surface area contributed by atoms with Crippen molar-refractivity contribution < 1.29 is 4.79 Å². The first kappa shape index (κ1) is 13.5. The van der Waals surface area contributed by atoms with E-state index >= 15 is 0 Å². The molecule has 0 aromatic carbocycles. The topological polar surface area (TPSA) is 59.8 Å². The molecule has 2 heterocycles. The van der Waals surface area contributed by atoms with Gasteiger partial charge in [0.15, 0.2) is 0 Å². The molecule has 0 radical (unpaired) electrons. The first-order chi connectivity index (χ1) is 9.29. The number of alkyl halides is 1. The second kappa shape index (κ2) is 6.89. The van der Waals surface area contributed by atoms with E-state index in [9.17, 15) is 4.79 Å². The molecule has 6 heteroatoms. The molecular weight excluding hydrogens is 264 g/mol. The SMILES string of the molecule is O=C(CCCCCl)Nc1ccc(-n2ccnc2)nc1. The summed E-state index contributed by atoms with van der Waals surface area (Å²) in [6.07, 6.45) is 8.95. The van der Waals surface area contributed by atoms with Crippen LogP contribution in [0.4, 0.5) is 5.69 Å². The van der Waals surface area contributed by atoms with Crippen molar-refractivity contribution in [3.05, 3.63) is 37.1 Å². The van der Waals surface area contributed by atoms with Gasteiger partial charge in [-0.1, -0.05) is 0 Å². The number of amides is 1. The Hall–Kier alpha value is -1.88. The summed E-state index contributed by atoms with van der Waals surface area (Å²) in [7, 11) is 0. The van der Waals surface area contributed by atoms with Gasteiger partial charge in [0.25, 0.3) is 0 Å². The maximum Gasteiger partial charge on any atom is 0.224 e. The van der Waals surface area contributed by atoms with Gasteiger partial charge >= 0.3 is 0 Å². The molecule has 100 valence electrons. The van der Waals surface area contributed by atoms with Crippen molar-refractivity contribution in [3.63, 3.8) is 0 Å². The predicted octanol–water partition coefficient (Wildman–Crippen LogP) is 2.61. The number of nitrogens with one attached hydrogen (secondary N) is 1. The molecule has 1 N–H and O–H groups in total. The number of halogens is 1. The quantitative estimate of drug-likeness (QED) is 0.653. The van der Waals surface area contributed by atoms with Crippen LogP contribution in [-0.2, 0) is 4.79 Å². The van der Waals surface area contributed by atoms with E-state index in [0.29, 0.717) is 18.0 Å². The lowest BCUT2D eigenvalue weighted by Crippen LogP contribution is -2.11. The summed E-state index contributed by atoms with van der Waals surface area (Å²) in [6, 6.07) is 3.65. The number of nitrogens with zero attached hydrogens (tertiary/aromatic N) is 3. The van der Waals surface area contributed by atoms with E-state index in [4.69, 9.17) is 11.6 Å². The summed E-state index contributed by atoms with van der Waals surface area (Å²) in [5.41, 5.74) is 0.694. The lowest BCUT2D eigenvalue weighted by Gasteiger charge is -2.06. The Balaban J connectivity index is 1.90. The van der Waals surface area contributed by atoms with Crippen LogP contribution in [0.15, 0.2) is 37.1 Å². The second-order valence-corrected chi connectivity index (χ2v) is 4.45. The van der Waals surface area contributed by atoms with Crippen LogP contribution in [-0.4, -0.2) is 26.3 Å². The third kappa shape index (κ3) is 4.06. The number of anilines is 1. The molecule has 0 saturated heterocycles. The Kier molecular flexibility index (Phi) is 4.92. The van der Waals surface area contributed by atoms with Crippen LogP contribution in [0.2, 0.25) is 0 Å². The van der Waals surface area contributed by atoms with Gasteiger partial charge in [-0.3, -0.25) is 9.36 Å². The Morgan fingerprint density at radius 1 is 1.37 bits per heavy atom. The van der Waals surface area contributed by atoms with Crippen molar-refractivity contribution in [1.82, 2.24) is 14.5 Å². The second-order valence-electron chi connectivity index (χ2n) is 4.07. The molecule has 0 aliphatic heterocycles. The van der Waals surface area contributed by atoms with Crippen LogP contribution < -0.4 is 5.32 Å². The highest BCUT2D eigenvalue weighted by Crippen LogP contribution is 2.10. The van der Waals surface area contributed by atoms with Gasteiger partial charge in [0.1, 0.15) is 12.1 Å². The zero-order valence-corrected chi connectivity index (χ0v) is 11.2. The van der Waals surface area contributed by atoms with Crippen LogP contribution in [0.3, 0.4) is 0 Å². The van der Waals surface area contributed by atoms with Crippen LogP contribution in [0.5, 0.6) is 0 Å². The minimum Gasteiger partial charge on any atom is -0.325 e. The molecule has 19 heavy (non-hydrogen) atoms. The van der Waals surface area contributed by atoms with Crippen molar-refractivity contribution >= 4 is 23.2 Å². The molecule has 2 aromatic heterocycles. The van der Waals surface area contributed by atoms with E-state index < -0.39 is 0 Å². The molecule has 0 spiro atoms. The number of pyridine rings is 1. The van der Waals surface area contributed by atoms with Gasteiger partial charge in [0, 0.05) is 24.7 Å². The third-order valence-electron chi connectivity index (χ3n) is 2.59. The summed E-state index contributed by atoms with van der Waals surface area (Å²) in [5.74, 6) is 1.34. The Morgan fingerprint density at radius 2 is 2.26 bits per heavy atom. The smallest absolute Gasteiger partial charge is 0.224 e. The third-order valence-corrected chi connectivity index (χ3v) is 2.86. The van der Waals surface area contributed by atoms with E-state index in [0.717, 1.165) is 18.7 Å². The fourth-order valence-electron chi connectivity index (χ4n) is 1.61. The molecule has 0 atom stereocenters. The first-order valence-electron chi connectivity index (χ1n) is 6.10. The van der Waals surface area contributed by atoms with Crippen molar-refractivity contribution in [2.75, 3.05) is 11.2 Å². The van der Waals surface area contributed by atoms with Crippen LogP contribution in [0.25, 0.3) is 5.82 Å².